The molecule has 2 aliphatic heterocycles. The molecule has 0 unspecified atom stereocenters. The van der Waals surface area contributed by atoms with Crippen molar-refractivity contribution < 1.29 is 4.79 Å². The number of benzene rings is 1. The van der Waals surface area contributed by atoms with Gasteiger partial charge in [-0.25, -0.2) is 4.98 Å². The highest BCUT2D eigenvalue weighted by atomic mass is 35.5. The number of carbonyl (C=O) groups is 1. The van der Waals surface area contributed by atoms with Gasteiger partial charge in [0.25, 0.3) is 5.91 Å². The van der Waals surface area contributed by atoms with Gasteiger partial charge in [-0.15, -0.1) is 24.8 Å². The number of nitrogens with zero attached hydrogens (tertiary/aromatic N) is 5. The van der Waals surface area contributed by atoms with Gasteiger partial charge in [0.2, 0.25) is 0 Å². The lowest BCUT2D eigenvalue weighted by Crippen LogP contribution is -2.49. The molecule has 2 aliphatic rings. The highest BCUT2D eigenvalue weighted by Crippen LogP contribution is 2.29. The van der Waals surface area contributed by atoms with E-state index in [4.69, 9.17) is 0 Å². The quantitative estimate of drug-likeness (QED) is 0.643. The molecule has 0 atom stereocenters. The third-order valence-electron chi connectivity index (χ3n) is 5.36. The lowest BCUT2D eigenvalue weighted by Gasteiger charge is -2.34. The Labute approximate surface area is 186 Å². The van der Waals surface area contributed by atoms with Gasteiger partial charge in [-0.2, -0.15) is 4.37 Å². The van der Waals surface area contributed by atoms with Crippen LogP contribution in [0.1, 0.15) is 16.3 Å². The molecular weight excluding hydrogens is 431 g/mol. The van der Waals surface area contributed by atoms with Crippen molar-refractivity contribution in [3.8, 4) is 0 Å². The zero-order valence-electron chi connectivity index (χ0n) is 15.9. The van der Waals surface area contributed by atoms with E-state index in [2.05, 4.69) is 42.3 Å². The third kappa shape index (κ3) is 4.21. The van der Waals surface area contributed by atoms with Gasteiger partial charge < -0.3 is 19.7 Å². The summed E-state index contributed by atoms with van der Waals surface area (Å²) in [4.78, 5) is 21.7. The van der Waals surface area contributed by atoms with Crippen LogP contribution in [0, 0.1) is 0 Å². The van der Waals surface area contributed by atoms with Crippen LogP contribution < -0.4 is 10.2 Å². The molecule has 10 heteroatoms. The number of nitrogens with one attached hydrogen (secondary N) is 1. The van der Waals surface area contributed by atoms with Crippen molar-refractivity contribution in [2.45, 2.75) is 13.0 Å². The lowest BCUT2D eigenvalue weighted by atomic mass is 10.2. The number of rotatable bonds is 2. The number of hydrogen-bond donors (Lipinski definition) is 1. The summed E-state index contributed by atoms with van der Waals surface area (Å²) in [6, 6.07) is 8.33. The molecule has 5 rings (SSSR count). The molecule has 2 aromatic heterocycles. The van der Waals surface area contributed by atoms with E-state index in [9.17, 15) is 4.79 Å². The van der Waals surface area contributed by atoms with Crippen LogP contribution in [0.15, 0.2) is 30.5 Å². The molecule has 1 amide bonds. The van der Waals surface area contributed by atoms with E-state index in [1.165, 1.54) is 21.6 Å². The Bertz CT molecular complexity index is 959. The molecule has 0 aliphatic carbocycles. The summed E-state index contributed by atoms with van der Waals surface area (Å²) in [5.74, 6) is 2.10. The highest BCUT2D eigenvalue weighted by molar-refractivity contribution is 7.13. The Morgan fingerprint density at radius 1 is 1.03 bits per heavy atom. The maximum Gasteiger partial charge on any atom is 0.274 e. The van der Waals surface area contributed by atoms with Gasteiger partial charge in [0, 0.05) is 63.8 Å². The van der Waals surface area contributed by atoms with Crippen molar-refractivity contribution in [2.75, 3.05) is 44.2 Å². The Morgan fingerprint density at radius 3 is 2.66 bits per heavy atom. The summed E-state index contributed by atoms with van der Waals surface area (Å²) in [5, 5.41) is 4.56. The number of carbonyl (C=O) groups excluding carboxylic acids is 1. The van der Waals surface area contributed by atoms with Gasteiger partial charge in [0.05, 0.1) is 4.70 Å². The summed E-state index contributed by atoms with van der Waals surface area (Å²) in [6.45, 7) is 5.74. The first kappa shape index (κ1) is 21.8. The molecule has 0 radical (unpaired) electrons. The number of hydrogen-bond acceptors (Lipinski definition) is 6. The molecule has 4 heterocycles. The number of amides is 1. The summed E-state index contributed by atoms with van der Waals surface area (Å²) in [5.41, 5.74) is 0.583. The smallest absolute Gasteiger partial charge is 0.274 e. The summed E-state index contributed by atoms with van der Waals surface area (Å²) in [7, 11) is 0. The van der Waals surface area contributed by atoms with Crippen LogP contribution in [0.2, 0.25) is 0 Å². The van der Waals surface area contributed by atoms with Crippen molar-refractivity contribution in [1.82, 2.24) is 24.1 Å². The average Bonchev–Trinajstić information content (AvgIpc) is 3.26. The van der Waals surface area contributed by atoms with E-state index >= 15 is 0 Å². The van der Waals surface area contributed by atoms with Crippen molar-refractivity contribution >= 4 is 58.2 Å². The van der Waals surface area contributed by atoms with Crippen molar-refractivity contribution in [1.29, 1.82) is 0 Å². The van der Waals surface area contributed by atoms with Gasteiger partial charge in [-0.05, 0) is 23.7 Å². The molecule has 0 bridgehead atoms. The second kappa shape index (κ2) is 9.30. The van der Waals surface area contributed by atoms with E-state index in [1.807, 2.05) is 17.2 Å². The zero-order chi connectivity index (χ0) is 18.2. The summed E-state index contributed by atoms with van der Waals surface area (Å²) >= 11 is 1.54. The van der Waals surface area contributed by atoms with Gasteiger partial charge >= 0.3 is 0 Å². The van der Waals surface area contributed by atoms with Crippen molar-refractivity contribution in [3.05, 3.63) is 42.0 Å². The first-order chi connectivity index (χ1) is 13.3. The zero-order valence-corrected chi connectivity index (χ0v) is 18.4. The number of fused-ring (bicyclic) bond motifs is 2. The normalized spacial score (nSPS) is 16.6. The Kier molecular flexibility index (Phi) is 7.00. The summed E-state index contributed by atoms with van der Waals surface area (Å²) < 4.78 is 7.97. The Morgan fingerprint density at radius 2 is 1.83 bits per heavy atom. The molecule has 1 aromatic carbocycles. The van der Waals surface area contributed by atoms with Gasteiger partial charge in [-0.3, -0.25) is 4.79 Å². The third-order valence-corrected chi connectivity index (χ3v) is 6.17. The molecule has 7 nitrogen and oxygen atoms in total. The predicted molar refractivity (Wildman–Crippen MR) is 121 cm³/mol. The van der Waals surface area contributed by atoms with Crippen LogP contribution in [-0.4, -0.2) is 64.0 Å². The van der Waals surface area contributed by atoms with Crippen LogP contribution in [0.4, 0.5) is 5.82 Å². The molecule has 1 N–H and O–H groups in total. The second-order valence-corrected chi connectivity index (χ2v) is 7.82. The predicted octanol–water partition coefficient (Wildman–Crippen LogP) is 2.44. The van der Waals surface area contributed by atoms with E-state index < -0.39 is 0 Å². The topological polar surface area (TPSA) is 66.3 Å². The number of anilines is 1. The fourth-order valence-electron chi connectivity index (χ4n) is 3.86. The lowest BCUT2D eigenvalue weighted by molar-refractivity contribution is 0.0741. The molecule has 0 saturated carbocycles. The number of piperazine rings is 1. The molecule has 3 aromatic rings. The number of halogens is 2. The summed E-state index contributed by atoms with van der Waals surface area (Å²) in [6.07, 6.45) is 2.79. The molecular formula is C19H24Cl2N6OS. The first-order valence-corrected chi connectivity index (χ1v) is 10.2. The molecule has 29 heavy (non-hydrogen) atoms. The largest absolute Gasteiger partial charge is 0.352 e. The SMILES string of the molecule is Cl.Cl.O=C(c1cn2c(n1)CCNCC2)N1CCN(c2nsc3ccccc23)CC1. The minimum absolute atomic E-state index is 0. The minimum Gasteiger partial charge on any atom is -0.352 e. The van der Waals surface area contributed by atoms with Crippen molar-refractivity contribution in [2.24, 2.45) is 0 Å². The van der Waals surface area contributed by atoms with Crippen LogP contribution >= 0.6 is 36.3 Å². The second-order valence-electron chi connectivity index (χ2n) is 7.02. The van der Waals surface area contributed by atoms with Crippen LogP contribution in [0.5, 0.6) is 0 Å². The fraction of sp³-hybridized carbons (Fsp3) is 0.421. The first-order valence-electron chi connectivity index (χ1n) is 9.45. The van der Waals surface area contributed by atoms with Crippen LogP contribution in [-0.2, 0) is 13.0 Å². The van der Waals surface area contributed by atoms with Gasteiger partial charge in [0.15, 0.2) is 0 Å². The molecule has 1 fully saturated rings. The van der Waals surface area contributed by atoms with E-state index in [0.29, 0.717) is 18.8 Å². The number of imidazole rings is 1. The standard InChI is InChI=1S/C19H22N6OS.2ClH/c26-19(15-13-25-8-7-20-6-5-17(25)21-15)24-11-9-23(10-12-24)18-14-3-1-2-4-16(14)27-22-18;;/h1-4,13,20H,5-12H2;2*1H. The maximum atomic E-state index is 12.9. The van der Waals surface area contributed by atoms with Crippen LogP contribution in [0.3, 0.4) is 0 Å². The van der Waals surface area contributed by atoms with Crippen LogP contribution in [0.25, 0.3) is 10.1 Å². The number of aromatic nitrogens is 3. The molecule has 1 saturated heterocycles. The Balaban J connectivity index is 0.00000120. The monoisotopic (exact) mass is 454 g/mol. The highest BCUT2D eigenvalue weighted by Gasteiger charge is 2.26. The minimum atomic E-state index is 0. The van der Waals surface area contributed by atoms with E-state index in [0.717, 1.165) is 50.8 Å². The van der Waals surface area contributed by atoms with E-state index in [1.54, 1.807) is 0 Å². The van der Waals surface area contributed by atoms with Crippen molar-refractivity contribution in [3.63, 3.8) is 0 Å². The average molecular weight is 455 g/mol. The van der Waals surface area contributed by atoms with E-state index in [-0.39, 0.29) is 30.7 Å². The van der Waals surface area contributed by atoms with Gasteiger partial charge in [0.1, 0.15) is 17.3 Å². The Hall–Kier alpha value is -1.87. The molecule has 0 spiro atoms. The fourth-order valence-corrected chi connectivity index (χ4v) is 4.65. The maximum absolute atomic E-state index is 12.9. The molecule has 156 valence electrons. The van der Waals surface area contributed by atoms with Gasteiger partial charge in [-0.1, -0.05) is 12.1 Å².